The molecule has 0 unspecified atom stereocenters. The van der Waals surface area contributed by atoms with Crippen LogP contribution in [-0.4, -0.2) is 10.8 Å². The van der Waals surface area contributed by atoms with Gasteiger partial charge in [-0.3, -0.25) is 4.79 Å². The van der Waals surface area contributed by atoms with Gasteiger partial charge in [-0.1, -0.05) is 11.6 Å². The smallest absolute Gasteiger partial charge is 0.178 e. The third-order valence-electron chi connectivity index (χ3n) is 2.74. The van der Waals surface area contributed by atoms with Gasteiger partial charge in [0.15, 0.2) is 5.78 Å². The van der Waals surface area contributed by atoms with Gasteiger partial charge in [0, 0.05) is 11.9 Å². The summed E-state index contributed by atoms with van der Waals surface area (Å²) < 4.78 is 5.80. The van der Waals surface area contributed by atoms with E-state index in [-0.39, 0.29) is 5.78 Å². The van der Waals surface area contributed by atoms with Crippen LogP contribution in [0.25, 0.3) is 0 Å². The fourth-order valence-corrected chi connectivity index (χ4v) is 2.15. The van der Waals surface area contributed by atoms with Crippen LogP contribution in [0.1, 0.15) is 28.5 Å². The highest BCUT2D eigenvalue weighted by Gasteiger charge is 2.08. The molecular formula is C15H14ClNO2. The monoisotopic (exact) mass is 275 g/mol. The molecule has 1 aromatic heterocycles. The van der Waals surface area contributed by atoms with Crippen LogP contribution in [0.2, 0.25) is 5.02 Å². The van der Waals surface area contributed by atoms with Gasteiger partial charge in [-0.25, -0.2) is 4.98 Å². The minimum atomic E-state index is -0.0644. The molecule has 1 aromatic carbocycles. The number of rotatable bonds is 3. The van der Waals surface area contributed by atoms with Crippen LogP contribution in [0.5, 0.6) is 11.5 Å². The summed E-state index contributed by atoms with van der Waals surface area (Å²) in [6, 6.07) is 7.08. The Bertz CT molecular complexity index is 598. The second-order valence-corrected chi connectivity index (χ2v) is 4.84. The Morgan fingerprint density at radius 3 is 2.32 bits per heavy atom. The fraction of sp³-hybridized carbons (Fsp3) is 0.200. The first-order valence-electron chi connectivity index (χ1n) is 5.89. The van der Waals surface area contributed by atoms with Crippen LogP contribution in [0.4, 0.5) is 0 Å². The Kier molecular flexibility index (Phi) is 3.86. The van der Waals surface area contributed by atoms with Gasteiger partial charge in [-0.05, 0) is 49.2 Å². The molecule has 0 aliphatic rings. The predicted molar refractivity (Wildman–Crippen MR) is 75.2 cm³/mol. The number of aryl methyl sites for hydroxylation is 2. The number of ether oxygens (including phenoxy) is 1. The maximum absolute atomic E-state index is 11.1. The van der Waals surface area contributed by atoms with Crippen LogP contribution < -0.4 is 4.74 Å². The van der Waals surface area contributed by atoms with Gasteiger partial charge >= 0.3 is 0 Å². The number of aromatic nitrogens is 1. The van der Waals surface area contributed by atoms with Crippen molar-refractivity contribution < 1.29 is 9.53 Å². The first kappa shape index (κ1) is 13.6. The number of nitrogens with zero attached hydrogens (tertiary/aromatic N) is 1. The number of carbonyl (C=O) groups excluding carboxylic acids is 1. The van der Waals surface area contributed by atoms with Crippen molar-refractivity contribution in [2.45, 2.75) is 20.8 Å². The van der Waals surface area contributed by atoms with Crippen LogP contribution >= 0.6 is 11.6 Å². The van der Waals surface area contributed by atoms with E-state index in [1.54, 1.807) is 18.3 Å². The Morgan fingerprint density at radius 1 is 1.21 bits per heavy atom. The van der Waals surface area contributed by atoms with E-state index >= 15 is 0 Å². The molecule has 2 rings (SSSR count). The minimum Gasteiger partial charge on any atom is -0.455 e. The van der Waals surface area contributed by atoms with Gasteiger partial charge < -0.3 is 4.74 Å². The number of pyridine rings is 1. The maximum atomic E-state index is 11.1. The summed E-state index contributed by atoms with van der Waals surface area (Å²) in [5.41, 5.74) is 2.35. The van der Waals surface area contributed by atoms with Crippen LogP contribution in [0, 0.1) is 13.8 Å². The van der Waals surface area contributed by atoms with Crippen molar-refractivity contribution in [2.24, 2.45) is 0 Å². The van der Waals surface area contributed by atoms with Crippen molar-refractivity contribution in [3.8, 4) is 11.5 Å². The largest absolute Gasteiger partial charge is 0.455 e. The number of hydrogen-bond donors (Lipinski definition) is 0. The molecule has 0 atom stereocenters. The summed E-state index contributed by atoms with van der Waals surface area (Å²) in [7, 11) is 0. The minimum absolute atomic E-state index is 0.0644. The number of ketones is 1. The molecule has 0 aliphatic heterocycles. The summed E-state index contributed by atoms with van der Waals surface area (Å²) in [6.45, 7) is 5.35. The Labute approximate surface area is 117 Å². The summed E-state index contributed by atoms with van der Waals surface area (Å²) in [5.74, 6) is 1.30. The average Bonchev–Trinajstić information content (AvgIpc) is 2.34. The molecule has 0 aliphatic carbocycles. The molecule has 4 heteroatoms. The lowest BCUT2D eigenvalue weighted by molar-refractivity contribution is 0.101. The van der Waals surface area contributed by atoms with Crippen molar-refractivity contribution in [3.05, 3.63) is 52.3 Å². The number of carbonyl (C=O) groups is 1. The van der Waals surface area contributed by atoms with Gasteiger partial charge in [0.25, 0.3) is 0 Å². The Balaban J connectivity index is 2.29. The molecule has 0 saturated heterocycles. The second kappa shape index (κ2) is 5.41. The molecule has 2 aromatic rings. The second-order valence-electron chi connectivity index (χ2n) is 4.41. The normalized spacial score (nSPS) is 10.3. The van der Waals surface area contributed by atoms with E-state index in [2.05, 4.69) is 4.98 Å². The van der Waals surface area contributed by atoms with Gasteiger partial charge in [-0.2, -0.15) is 0 Å². The number of hydrogen-bond acceptors (Lipinski definition) is 3. The van der Waals surface area contributed by atoms with Crippen molar-refractivity contribution in [3.63, 3.8) is 0 Å². The van der Waals surface area contributed by atoms with E-state index in [4.69, 9.17) is 16.3 Å². The highest BCUT2D eigenvalue weighted by molar-refractivity contribution is 6.30. The molecule has 0 radical (unpaired) electrons. The molecule has 0 bridgehead atoms. The molecule has 0 spiro atoms. The number of benzene rings is 1. The quantitative estimate of drug-likeness (QED) is 0.782. The molecule has 0 saturated carbocycles. The first-order chi connectivity index (χ1) is 8.97. The fourth-order valence-electron chi connectivity index (χ4n) is 1.83. The SMILES string of the molecule is CC(=O)c1ccc(Oc2c(C)cc(Cl)cc2C)cn1. The van der Waals surface area contributed by atoms with E-state index < -0.39 is 0 Å². The van der Waals surface area contributed by atoms with E-state index in [9.17, 15) is 4.79 Å². The molecule has 0 N–H and O–H groups in total. The molecule has 3 nitrogen and oxygen atoms in total. The lowest BCUT2D eigenvalue weighted by atomic mass is 10.1. The lowest BCUT2D eigenvalue weighted by Gasteiger charge is -2.12. The molecule has 19 heavy (non-hydrogen) atoms. The van der Waals surface area contributed by atoms with Crippen molar-refractivity contribution in [2.75, 3.05) is 0 Å². The summed E-state index contributed by atoms with van der Waals surface area (Å²) in [5, 5.41) is 0.687. The summed E-state index contributed by atoms with van der Waals surface area (Å²) in [4.78, 5) is 15.2. The predicted octanol–water partition coefficient (Wildman–Crippen LogP) is 4.35. The van der Waals surface area contributed by atoms with Crippen molar-refractivity contribution in [1.29, 1.82) is 0 Å². The van der Waals surface area contributed by atoms with Gasteiger partial charge in [0.05, 0.1) is 6.20 Å². The zero-order chi connectivity index (χ0) is 14.0. The standard InChI is InChI=1S/C15H14ClNO2/c1-9-6-12(16)7-10(2)15(9)19-13-4-5-14(11(3)18)17-8-13/h4-8H,1-3H3. The third-order valence-corrected chi connectivity index (χ3v) is 2.96. The zero-order valence-corrected chi connectivity index (χ0v) is 11.8. The van der Waals surface area contributed by atoms with Crippen molar-refractivity contribution >= 4 is 17.4 Å². The van der Waals surface area contributed by atoms with Gasteiger partial charge in [0.1, 0.15) is 17.2 Å². The molecular weight excluding hydrogens is 262 g/mol. The average molecular weight is 276 g/mol. The number of halogens is 1. The third kappa shape index (κ3) is 3.12. The number of Topliss-reactive ketones (excluding diaryl/α,β-unsaturated/α-hetero) is 1. The first-order valence-corrected chi connectivity index (χ1v) is 6.27. The van der Waals surface area contributed by atoms with Crippen LogP contribution in [0.15, 0.2) is 30.5 Å². The molecule has 98 valence electrons. The lowest BCUT2D eigenvalue weighted by Crippen LogP contribution is -1.97. The maximum Gasteiger partial charge on any atom is 0.178 e. The molecule has 1 heterocycles. The highest BCUT2D eigenvalue weighted by Crippen LogP contribution is 2.31. The Hall–Kier alpha value is -1.87. The van der Waals surface area contributed by atoms with E-state index in [0.29, 0.717) is 16.5 Å². The summed E-state index contributed by atoms with van der Waals surface area (Å²) in [6.07, 6.45) is 1.55. The highest BCUT2D eigenvalue weighted by atomic mass is 35.5. The molecule has 0 fully saturated rings. The van der Waals surface area contributed by atoms with Gasteiger partial charge in [-0.15, -0.1) is 0 Å². The summed E-state index contributed by atoms with van der Waals surface area (Å²) >= 11 is 5.98. The zero-order valence-electron chi connectivity index (χ0n) is 11.0. The topological polar surface area (TPSA) is 39.2 Å². The van der Waals surface area contributed by atoms with E-state index in [0.717, 1.165) is 16.9 Å². The van der Waals surface area contributed by atoms with E-state index in [1.807, 2.05) is 26.0 Å². The Morgan fingerprint density at radius 2 is 1.84 bits per heavy atom. The van der Waals surface area contributed by atoms with Crippen LogP contribution in [-0.2, 0) is 0 Å². The van der Waals surface area contributed by atoms with Gasteiger partial charge in [0.2, 0.25) is 0 Å². The van der Waals surface area contributed by atoms with Crippen LogP contribution in [0.3, 0.4) is 0 Å². The molecule has 0 amide bonds. The van der Waals surface area contributed by atoms with Crippen molar-refractivity contribution in [1.82, 2.24) is 4.98 Å². The van der Waals surface area contributed by atoms with E-state index in [1.165, 1.54) is 6.92 Å².